The van der Waals surface area contributed by atoms with Gasteiger partial charge in [-0.3, -0.25) is 9.36 Å². The van der Waals surface area contributed by atoms with Gasteiger partial charge < -0.3 is 9.64 Å². The summed E-state index contributed by atoms with van der Waals surface area (Å²) in [5, 5.41) is 9.26. The molecule has 1 aromatic heterocycles. The normalized spacial score (nSPS) is 11.7. The lowest BCUT2D eigenvalue weighted by Crippen LogP contribution is -2.32. The van der Waals surface area contributed by atoms with E-state index >= 15 is 0 Å². The fourth-order valence-electron chi connectivity index (χ4n) is 3.56. The number of hydrogen-bond donors (Lipinski definition) is 0. The molecule has 0 aliphatic carbocycles. The van der Waals surface area contributed by atoms with Crippen LogP contribution in [0.15, 0.2) is 90.1 Å². The molecule has 0 aliphatic rings. The number of amides is 1. The van der Waals surface area contributed by atoms with Crippen molar-refractivity contribution in [2.24, 2.45) is 0 Å². The quantitative estimate of drug-likeness (QED) is 0.345. The molecule has 0 spiro atoms. The van der Waals surface area contributed by atoms with Crippen molar-refractivity contribution in [1.82, 2.24) is 19.7 Å². The van der Waals surface area contributed by atoms with Gasteiger partial charge in [-0.05, 0) is 36.8 Å². The molecule has 4 aromatic rings. The Labute approximate surface area is 198 Å². The number of benzene rings is 3. The lowest BCUT2D eigenvalue weighted by Gasteiger charge is -2.21. The first kappa shape index (κ1) is 22.6. The van der Waals surface area contributed by atoms with Gasteiger partial charge in [0.25, 0.3) is 0 Å². The summed E-state index contributed by atoms with van der Waals surface area (Å²) in [5.41, 5.74) is 2.91. The van der Waals surface area contributed by atoms with Gasteiger partial charge in [-0.2, -0.15) is 0 Å². The molecule has 0 fully saturated rings. The number of carbonyl (C=O) groups excluding carboxylic acids is 1. The summed E-state index contributed by atoms with van der Waals surface area (Å²) >= 11 is 1.40. The molecule has 33 heavy (non-hydrogen) atoms. The molecule has 4 rings (SSSR count). The van der Waals surface area contributed by atoms with Gasteiger partial charge >= 0.3 is 0 Å². The maximum absolute atomic E-state index is 13.1. The van der Waals surface area contributed by atoms with Crippen molar-refractivity contribution in [3.05, 3.63) is 90.5 Å². The predicted molar refractivity (Wildman–Crippen MR) is 132 cm³/mol. The van der Waals surface area contributed by atoms with E-state index in [4.69, 9.17) is 4.74 Å². The van der Waals surface area contributed by atoms with Crippen LogP contribution in [0.2, 0.25) is 0 Å². The zero-order valence-electron chi connectivity index (χ0n) is 18.9. The third-order valence-corrected chi connectivity index (χ3v) is 6.27. The Kier molecular flexibility index (Phi) is 7.10. The Morgan fingerprint density at radius 3 is 2.39 bits per heavy atom. The van der Waals surface area contributed by atoms with Crippen LogP contribution in [0.25, 0.3) is 17.1 Å². The van der Waals surface area contributed by atoms with Crippen LogP contribution in [-0.4, -0.2) is 45.0 Å². The van der Waals surface area contributed by atoms with Crippen molar-refractivity contribution in [2.45, 2.75) is 23.9 Å². The number of thioether (sulfide) groups is 1. The minimum atomic E-state index is -0.330. The standard InChI is InChI=1S/C26H26N4O2S/c1-19(25(31)29(2)18-20-11-6-4-7-12-20)33-26-28-27-24(21-13-10-16-23(17-21)32-3)30(26)22-14-8-5-9-15-22/h4-17,19H,18H2,1-3H3. The molecule has 0 radical (unpaired) electrons. The monoisotopic (exact) mass is 458 g/mol. The van der Waals surface area contributed by atoms with Gasteiger partial charge in [0, 0.05) is 24.8 Å². The molecule has 168 valence electrons. The summed E-state index contributed by atoms with van der Waals surface area (Å²) in [4.78, 5) is 14.8. The predicted octanol–water partition coefficient (Wildman–Crippen LogP) is 5.08. The van der Waals surface area contributed by atoms with Crippen LogP contribution in [0.5, 0.6) is 5.75 Å². The number of nitrogens with zero attached hydrogens (tertiary/aromatic N) is 4. The van der Waals surface area contributed by atoms with Gasteiger partial charge in [-0.1, -0.05) is 72.4 Å². The van der Waals surface area contributed by atoms with Crippen LogP contribution in [0.4, 0.5) is 0 Å². The molecule has 7 heteroatoms. The van der Waals surface area contributed by atoms with Gasteiger partial charge in [0.15, 0.2) is 11.0 Å². The van der Waals surface area contributed by atoms with Crippen LogP contribution in [0, 0.1) is 0 Å². The molecule has 1 amide bonds. The number of carbonyl (C=O) groups is 1. The highest BCUT2D eigenvalue weighted by atomic mass is 32.2. The fraction of sp³-hybridized carbons (Fsp3) is 0.192. The largest absolute Gasteiger partial charge is 0.497 e. The highest BCUT2D eigenvalue weighted by Crippen LogP contribution is 2.31. The lowest BCUT2D eigenvalue weighted by atomic mass is 10.2. The Balaban J connectivity index is 1.62. The minimum Gasteiger partial charge on any atom is -0.497 e. The summed E-state index contributed by atoms with van der Waals surface area (Å²) in [6, 6.07) is 27.6. The highest BCUT2D eigenvalue weighted by molar-refractivity contribution is 8.00. The number of para-hydroxylation sites is 1. The zero-order chi connectivity index (χ0) is 23.2. The van der Waals surface area contributed by atoms with Gasteiger partial charge in [0.1, 0.15) is 5.75 Å². The maximum atomic E-state index is 13.1. The zero-order valence-corrected chi connectivity index (χ0v) is 19.7. The summed E-state index contributed by atoms with van der Waals surface area (Å²) < 4.78 is 7.37. The van der Waals surface area contributed by atoms with Crippen molar-refractivity contribution < 1.29 is 9.53 Å². The number of aromatic nitrogens is 3. The maximum Gasteiger partial charge on any atom is 0.235 e. The second kappa shape index (κ2) is 10.4. The Hall–Kier alpha value is -3.58. The number of hydrogen-bond acceptors (Lipinski definition) is 5. The van der Waals surface area contributed by atoms with Crippen LogP contribution >= 0.6 is 11.8 Å². The molecule has 0 saturated heterocycles. The Morgan fingerprint density at radius 2 is 1.70 bits per heavy atom. The highest BCUT2D eigenvalue weighted by Gasteiger charge is 2.24. The lowest BCUT2D eigenvalue weighted by molar-refractivity contribution is -0.129. The molecule has 0 bridgehead atoms. The average molecular weight is 459 g/mol. The second-order valence-electron chi connectivity index (χ2n) is 7.65. The van der Waals surface area contributed by atoms with E-state index in [1.165, 1.54) is 11.8 Å². The van der Waals surface area contributed by atoms with E-state index in [9.17, 15) is 4.79 Å². The van der Waals surface area contributed by atoms with E-state index in [2.05, 4.69) is 10.2 Å². The Bertz CT molecular complexity index is 1210. The van der Waals surface area contributed by atoms with Gasteiger partial charge in [0.2, 0.25) is 5.91 Å². The summed E-state index contributed by atoms with van der Waals surface area (Å²) in [7, 11) is 3.47. The van der Waals surface area contributed by atoms with E-state index in [0.29, 0.717) is 17.5 Å². The molecule has 1 atom stereocenters. The molecule has 3 aromatic carbocycles. The summed E-state index contributed by atoms with van der Waals surface area (Å²) in [6.45, 7) is 2.47. The van der Waals surface area contributed by atoms with Crippen LogP contribution in [0.1, 0.15) is 12.5 Å². The molecule has 6 nitrogen and oxygen atoms in total. The minimum absolute atomic E-state index is 0.0365. The average Bonchev–Trinajstić information content (AvgIpc) is 3.28. The third kappa shape index (κ3) is 5.26. The van der Waals surface area contributed by atoms with Gasteiger partial charge in [0.05, 0.1) is 12.4 Å². The van der Waals surface area contributed by atoms with Crippen LogP contribution in [-0.2, 0) is 11.3 Å². The summed E-state index contributed by atoms with van der Waals surface area (Å²) in [6.07, 6.45) is 0. The first-order valence-electron chi connectivity index (χ1n) is 10.7. The molecule has 0 N–H and O–H groups in total. The van der Waals surface area contributed by atoms with Crippen molar-refractivity contribution in [3.63, 3.8) is 0 Å². The van der Waals surface area contributed by atoms with E-state index in [1.807, 2.05) is 103 Å². The van der Waals surface area contributed by atoms with Crippen LogP contribution in [0.3, 0.4) is 0 Å². The number of methoxy groups -OCH3 is 1. The first-order chi connectivity index (χ1) is 16.1. The van der Waals surface area contributed by atoms with Crippen molar-refractivity contribution in [1.29, 1.82) is 0 Å². The van der Waals surface area contributed by atoms with E-state index < -0.39 is 0 Å². The summed E-state index contributed by atoms with van der Waals surface area (Å²) in [5.74, 6) is 1.48. The number of rotatable bonds is 8. The molecular formula is C26H26N4O2S. The SMILES string of the molecule is COc1cccc(-c2nnc(SC(C)C(=O)N(C)Cc3ccccc3)n2-c2ccccc2)c1. The van der Waals surface area contributed by atoms with Crippen molar-refractivity contribution in [2.75, 3.05) is 14.2 Å². The van der Waals surface area contributed by atoms with Gasteiger partial charge in [-0.15, -0.1) is 10.2 Å². The molecular weight excluding hydrogens is 432 g/mol. The van der Waals surface area contributed by atoms with Crippen LogP contribution < -0.4 is 4.74 Å². The van der Waals surface area contributed by atoms with E-state index in [-0.39, 0.29) is 11.2 Å². The van der Waals surface area contributed by atoms with Crippen molar-refractivity contribution >= 4 is 17.7 Å². The number of ether oxygens (including phenoxy) is 1. The third-order valence-electron chi connectivity index (χ3n) is 5.24. The fourth-order valence-corrected chi connectivity index (χ4v) is 4.54. The van der Waals surface area contributed by atoms with E-state index in [0.717, 1.165) is 22.6 Å². The molecule has 1 unspecified atom stereocenters. The van der Waals surface area contributed by atoms with Gasteiger partial charge in [-0.25, -0.2) is 0 Å². The van der Waals surface area contributed by atoms with E-state index in [1.54, 1.807) is 12.0 Å². The second-order valence-corrected chi connectivity index (χ2v) is 8.96. The molecule has 0 saturated carbocycles. The first-order valence-corrected chi connectivity index (χ1v) is 11.6. The van der Waals surface area contributed by atoms with Crippen molar-refractivity contribution in [3.8, 4) is 22.8 Å². The smallest absolute Gasteiger partial charge is 0.235 e. The topological polar surface area (TPSA) is 60.3 Å². The molecule has 0 aliphatic heterocycles. The molecule has 1 heterocycles. The Morgan fingerprint density at radius 1 is 1.00 bits per heavy atom.